The predicted molar refractivity (Wildman–Crippen MR) is 100 cm³/mol. The number of halogens is 1. The molecule has 2 aromatic heterocycles. The number of amides is 1. The molecule has 0 atom stereocenters. The standard InChI is InChI=1S/C18H16BrN5O/c1-12-2-3-16(15(19)8-12)24-17(25)14-10-22-18(23-11-14)21-9-13-4-6-20-7-5-13/h2-8,10-11H,9H2,1H3,(H,24,25)(H,21,22,23). The number of pyridine rings is 1. The lowest BCUT2D eigenvalue weighted by atomic mass is 10.2. The van der Waals surface area contributed by atoms with Crippen molar-refractivity contribution in [3.63, 3.8) is 0 Å². The van der Waals surface area contributed by atoms with Crippen LogP contribution < -0.4 is 10.6 Å². The Morgan fingerprint density at radius 2 is 1.84 bits per heavy atom. The average Bonchev–Trinajstić information content (AvgIpc) is 2.63. The van der Waals surface area contributed by atoms with E-state index in [0.717, 1.165) is 15.6 Å². The minimum absolute atomic E-state index is 0.259. The van der Waals surface area contributed by atoms with Crippen LogP contribution in [-0.4, -0.2) is 20.9 Å². The summed E-state index contributed by atoms with van der Waals surface area (Å²) < 4.78 is 0.831. The van der Waals surface area contributed by atoms with Gasteiger partial charge in [-0.1, -0.05) is 6.07 Å². The number of nitrogens with zero attached hydrogens (tertiary/aromatic N) is 3. The van der Waals surface area contributed by atoms with Crippen molar-refractivity contribution in [2.45, 2.75) is 13.5 Å². The number of aromatic nitrogens is 3. The topological polar surface area (TPSA) is 79.8 Å². The lowest BCUT2D eigenvalue weighted by Crippen LogP contribution is -2.14. The Hall–Kier alpha value is -2.80. The number of hydrogen-bond donors (Lipinski definition) is 2. The normalized spacial score (nSPS) is 10.3. The van der Waals surface area contributed by atoms with Crippen LogP contribution in [0.3, 0.4) is 0 Å². The van der Waals surface area contributed by atoms with Crippen LogP contribution in [0.5, 0.6) is 0 Å². The van der Waals surface area contributed by atoms with Crippen LogP contribution in [0.2, 0.25) is 0 Å². The van der Waals surface area contributed by atoms with Gasteiger partial charge in [0.2, 0.25) is 5.95 Å². The fourth-order valence-corrected chi connectivity index (χ4v) is 2.73. The van der Waals surface area contributed by atoms with Gasteiger partial charge in [-0.15, -0.1) is 0 Å². The van der Waals surface area contributed by atoms with E-state index in [1.54, 1.807) is 12.4 Å². The van der Waals surface area contributed by atoms with Crippen LogP contribution in [0.1, 0.15) is 21.5 Å². The summed E-state index contributed by atoms with van der Waals surface area (Å²) in [7, 11) is 0. The highest BCUT2D eigenvalue weighted by Crippen LogP contribution is 2.23. The Bertz CT molecular complexity index is 868. The maximum atomic E-state index is 12.3. The van der Waals surface area contributed by atoms with E-state index in [9.17, 15) is 4.79 Å². The molecule has 3 rings (SSSR count). The zero-order valence-corrected chi connectivity index (χ0v) is 15.1. The molecule has 0 saturated carbocycles. The van der Waals surface area contributed by atoms with Crippen molar-refractivity contribution in [1.29, 1.82) is 0 Å². The molecule has 1 amide bonds. The summed E-state index contributed by atoms with van der Waals surface area (Å²) in [6.45, 7) is 2.58. The summed E-state index contributed by atoms with van der Waals surface area (Å²) in [4.78, 5) is 24.6. The van der Waals surface area contributed by atoms with E-state index in [4.69, 9.17) is 0 Å². The summed E-state index contributed by atoms with van der Waals surface area (Å²) in [5.74, 6) is 0.204. The third kappa shape index (κ3) is 4.60. The summed E-state index contributed by atoms with van der Waals surface area (Å²) in [6, 6.07) is 9.55. The predicted octanol–water partition coefficient (Wildman–Crippen LogP) is 3.81. The monoisotopic (exact) mass is 397 g/mol. The first-order chi connectivity index (χ1) is 12.1. The van der Waals surface area contributed by atoms with Crippen molar-refractivity contribution >= 4 is 33.5 Å². The lowest BCUT2D eigenvalue weighted by Gasteiger charge is -2.08. The Morgan fingerprint density at radius 1 is 1.12 bits per heavy atom. The van der Waals surface area contributed by atoms with Crippen molar-refractivity contribution in [2.24, 2.45) is 0 Å². The Balaban J connectivity index is 1.62. The number of aryl methyl sites for hydroxylation is 1. The summed E-state index contributed by atoms with van der Waals surface area (Å²) in [5, 5.41) is 5.94. The van der Waals surface area contributed by atoms with Gasteiger partial charge in [-0.3, -0.25) is 9.78 Å². The van der Waals surface area contributed by atoms with Crippen LogP contribution in [0, 0.1) is 6.92 Å². The van der Waals surface area contributed by atoms with Crippen molar-refractivity contribution in [2.75, 3.05) is 10.6 Å². The molecule has 25 heavy (non-hydrogen) atoms. The molecule has 0 spiro atoms. The highest BCUT2D eigenvalue weighted by atomic mass is 79.9. The Morgan fingerprint density at radius 3 is 2.52 bits per heavy atom. The number of nitrogens with one attached hydrogen (secondary N) is 2. The summed E-state index contributed by atoms with van der Waals surface area (Å²) in [6.07, 6.45) is 6.46. The first-order valence-corrected chi connectivity index (χ1v) is 8.43. The molecule has 0 radical (unpaired) electrons. The number of carbonyl (C=O) groups excluding carboxylic acids is 1. The SMILES string of the molecule is Cc1ccc(NC(=O)c2cnc(NCc3ccncc3)nc2)c(Br)c1. The number of anilines is 2. The van der Waals surface area contributed by atoms with Gasteiger partial charge >= 0.3 is 0 Å². The quantitative estimate of drug-likeness (QED) is 0.684. The number of carbonyl (C=O) groups is 1. The lowest BCUT2D eigenvalue weighted by molar-refractivity contribution is 0.102. The van der Waals surface area contributed by atoms with Gasteiger partial charge in [0.25, 0.3) is 5.91 Å². The average molecular weight is 398 g/mol. The maximum Gasteiger partial charge on any atom is 0.258 e. The van der Waals surface area contributed by atoms with E-state index in [-0.39, 0.29) is 5.91 Å². The minimum atomic E-state index is -0.259. The fraction of sp³-hybridized carbons (Fsp3) is 0.111. The number of rotatable bonds is 5. The molecule has 0 aliphatic heterocycles. The van der Waals surface area contributed by atoms with Crippen LogP contribution in [0.4, 0.5) is 11.6 Å². The van der Waals surface area contributed by atoms with E-state index >= 15 is 0 Å². The second kappa shape index (κ2) is 7.85. The molecule has 0 saturated heterocycles. The van der Waals surface area contributed by atoms with Gasteiger partial charge in [-0.25, -0.2) is 9.97 Å². The molecule has 0 fully saturated rings. The second-order valence-corrected chi connectivity index (χ2v) is 6.30. The van der Waals surface area contributed by atoms with Crippen LogP contribution >= 0.6 is 15.9 Å². The number of hydrogen-bond acceptors (Lipinski definition) is 5. The van der Waals surface area contributed by atoms with Gasteiger partial charge in [0.05, 0.1) is 11.3 Å². The zero-order chi connectivity index (χ0) is 17.6. The van der Waals surface area contributed by atoms with Gasteiger partial charge < -0.3 is 10.6 Å². The molecule has 6 nitrogen and oxygen atoms in total. The summed E-state index contributed by atoms with van der Waals surface area (Å²) >= 11 is 3.44. The third-order valence-corrected chi connectivity index (χ3v) is 4.14. The molecular weight excluding hydrogens is 382 g/mol. The minimum Gasteiger partial charge on any atom is -0.350 e. The molecule has 0 aliphatic carbocycles. The van der Waals surface area contributed by atoms with E-state index in [1.165, 1.54) is 12.4 Å². The molecule has 1 aromatic carbocycles. The largest absolute Gasteiger partial charge is 0.350 e. The fourth-order valence-electron chi connectivity index (χ4n) is 2.13. The van der Waals surface area contributed by atoms with E-state index in [2.05, 4.69) is 41.5 Å². The van der Waals surface area contributed by atoms with Crippen LogP contribution in [0.25, 0.3) is 0 Å². The highest BCUT2D eigenvalue weighted by Gasteiger charge is 2.10. The molecule has 0 unspecified atom stereocenters. The molecule has 2 heterocycles. The van der Waals surface area contributed by atoms with Crippen molar-refractivity contribution in [1.82, 2.24) is 15.0 Å². The first kappa shape index (κ1) is 17.0. The number of benzene rings is 1. The van der Waals surface area contributed by atoms with Gasteiger partial charge in [0.1, 0.15) is 0 Å². The van der Waals surface area contributed by atoms with Gasteiger partial charge in [0, 0.05) is 35.8 Å². The van der Waals surface area contributed by atoms with Crippen molar-refractivity contribution in [3.8, 4) is 0 Å². The van der Waals surface area contributed by atoms with Crippen molar-refractivity contribution in [3.05, 3.63) is 76.3 Å². The van der Waals surface area contributed by atoms with Crippen molar-refractivity contribution < 1.29 is 4.79 Å². The Labute approximate surface area is 153 Å². The molecule has 3 aromatic rings. The summed E-state index contributed by atoms with van der Waals surface area (Å²) in [5.41, 5.74) is 3.28. The molecular formula is C18H16BrN5O. The van der Waals surface area contributed by atoms with E-state index < -0.39 is 0 Å². The zero-order valence-electron chi connectivity index (χ0n) is 13.5. The van der Waals surface area contributed by atoms with Crippen LogP contribution in [0.15, 0.2) is 59.6 Å². The smallest absolute Gasteiger partial charge is 0.258 e. The van der Waals surface area contributed by atoms with Gasteiger partial charge in [-0.05, 0) is 58.2 Å². The molecule has 2 N–H and O–H groups in total. The van der Waals surface area contributed by atoms with Crippen LogP contribution in [-0.2, 0) is 6.54 Å². The highest BCUT2D eigenvalue weighted by molar-refractivity contribution is 9.10. The second-order valence-electron chi connectivity index (χ2n) is 5.44. The van der Waals surface area contributed by atoms with E-state index in [0.29, 0.717) is 23.7 Å². The van der Waals surface area contributed by atoms with Gasteiger partial charge in [-0.2, -0.15) is 0 Å². The third-order valence-electron chi connectivity index (χ3n) is 3.49. The first-order valence-electron chi connectivity index (χ1n) is 7.64. The molecule has 0 aliphatic rings. The molecule has 126 valence electrons. The molecule has 7 heteroatoms. The van der Waals surface area contributed by atoms with E-state index in [1.807, 2.05) is 37.3 Å². The Kier molecular flexibility index (Phi) is 5.35. The van der Waals surface area contributed by atoms with Gasteiger partial charge in [0.15, 0.2) is 0 Å². The molecule has 0 bridgehead atoms. The maximum absolute atomic E-state index is 12.3.